The molecule has 0 bridgehead atoms. The number of cyclic esters (lactones) is 1. The number of benzene rings is 1. The van der Waals surface area contributed by atoms with E-state index in [1.807, 2.05) is 97.3 Å². The molecule has 1 aromatic heterocycles. The number of nitrogens with zero attached hydrogens (tertiary/aromatic N) is 4. The Morgan fingerprint density at radius 3 is 2.22 bits per heavy atom. The highest BCUT2D eigenvalue weighted by Gasteiger charge is 2.42. The van der Waals surface area contributed by atoms with Crippen molar-refractivity contribution in [3.8, 4) is 11.3 Å². The lowest BCUT2D eigenvalue weighted by molar-refractivity contribution is -0.172. The third-order valence-corrected chi connectivity index (χ3v) is 10.9. The van der Waals surface area contributed by atoms with E-state index in [1.54, 1.807) is 27.0 Å². The summed E-state index contributed by atoms with van der Waals surface area (Å²) in [4.78, 5) is 63.9. The van der Waals surface area contributed by atoms with Crippen molar-refractivity contribution < 1.29 is 53.1 Å². The molecule has 3 fully saturated rings. The summed E-state index contributed by atoms with van der Waals surface area (Å²) in [6.07, 6.45) is 5.35. The maximum atomic E-state index is 13.3. The summed E-state index contributed by atoms with van der Waals surface area (Å²) in [5.41, 5.74) is 2.71. The second-order valence-electron chi connectivity index (χ2n) is 15.9. The van der Waals surface area contributed by atoms with Crippen molar-refractivity contribution in [2.75, 3.05) is 40.3 Å². The zero-order valence-electron chi connectivity index (χ0n) is 38.8. The minimum absolute atomic E-state index is 0.0881. The summed E-state index contributed by atoms with van der Waals surface area (Å²) < 4.78 is 21.6. The molecule has 5 rings (SSSR count). The number of ketones is 1. The fourth-order valence-electron chi connectivity index (χ4n) is 7.25. The Morgan fingerprint density at radius 2 is 1.65 bits per heavy atom. The van der Waals surface area contributed by atoms with Gasteiger partial charge in [-0.3, -0.25) is 9.59 Å². The molecule has 3 saturated heterocycles. The van der Waals surface area contributed by atoms with Crippen LogP contribution in [-0.4, -0.2) is 137 Å². The summed E-state index contributed by atoms with van der Waals surface area (Å²) in [6.45, 7) is 16.2. The predicted octanol–water partition coefficient (Wildman–Crippen LogP) is 6.79. The van der Waals surface area contributed by atoms with Crippen LogP contribution in [0.1, 0.15) is 99.5 Å². The van der Waals surface area contributed by atoms with Crippen LogP contribution in [0.5, 0.6) is 0 Å². The number of carboxylic acid groups (broad SMARTS) is 1. The Bertz CT molecular complexity index is 1700. The van der Waals surface area contributed by atoms with Crippen LogP contribution in [0.2, 0.25) is 0 Å². The molecule has 4 N–H and O–H groups in total. The summed E-state index contributed by atoms with van der Waals surface area (Å²) in [7, 11) is 4.07. The number of aromatic nitrogens is 2. The largest absolute Gasteiger partial charge is 0.465 e. The van der Waals surface area contributed by atoms with Crippen LogP contribution in [0.4, 0.5) is 14.4 Å². The maximum Gasteiger partial charge on any atom is 0.407 e. The van der Waals surface area contributed by atoms with Crippen molar-refractivity contribution >= 4 is 36.1 Å². The molecule has 3 aliphatic rings. The van der Waals surface area contributed by atoms with Gasteiger partial charge in [0, 0.05) is 55.7 Å². The number of esters is 1. The van der Waals surface area contributed by atoms with E-state index in [0.29, 0.717) is 44.8 Å². The van der Waals surface area contributed by atoms with Gasteiger partial charge in [0.25, 0.3) is 0 Å². The van der Waals surface area contributed by atoms with E-state index >= 15 is 0 Å². The molecule has 1 aromatic carbocycles. The highest BCUT2D eigenvalue weighted by Crippen LogP contribution is 2.26. The lowest BCUT2D eigenvalue weighted by Crippen LogP contribution is -2.45. The number of carbonyl (C=O) groups is 5. The second-order valence-corrected chi connectivity index (χ2v) is 15.9. The minimum Gasteiger partial charge on any atom is -0.465 e. The first kappa shape index (κ1) is 54.0. The minimum atomic E-state index is -0.838. The molecular formula is C46H72N6O11. The van der Waals surface area contributed by atoms with Crippen molar-refractivity contribution in [2.45, 2.75) is 131 Å². The van der Waals surface area contributed by atoms with E-state index < -0.39 is 60.6 Å². The zero-order chi connectivity index (χ0) is 47.1. The molecule has 352 valence electrons. The van der Waals surface area contributed by atoms with Crippen LogP contribution < -0.4 is 10.6 Å². The number of amides is 3. The lowest BCUT2D eigenvalue weighted by Gasteiger charge is -2.34. The molecule has 17 heteroatoms. The number of aliphatic hydroxyl groups excluding tert-OH is 1. The van der Waals surface area contributed by atoms with Crippen LogP contribution in [0, 0.1) is 17.8 Å². The molecule has 63 heavy (non-hydrogen) atoms. The van der Waals surface area contributed by atoms with Gasteiger partial charge in [-0.05, 0) is 84.7 Å². The third-order valence-electron chi connectivity index (χ3n) is 10.9. The number of alkyl carbamates (subject to hydrolysis) is 2. The van der Waals surface area contributed by atoms with E-state index in [-0.39, 0.29) is 31.0 Å². The Hall–Kier alpha value is -5.13. The van der Waals surface area contributed by atoms with Gasteiger partial charge in [0.2, 0.25) is 0 Å². The molecular weight excluding hydrogens is 813 g/mol. The number of hydrogen-bond acceptors (Lipinski definition) is 13. The van der Waals surface area contributed by atoms with Gasteiger partial charge in [-0.25, -0.2) is 14.4 Å². The van der Waals surface area contributed by atoms with E-state index in [4.69, 9.17) is 24.1 Å². The molecule has 9 atom stereocenters. The number of ether oxygens (including phenoxy) is 4. The van der Waals surface area contributed by atoms with Gasteiger partial charge in [-0.15, -0.1) is 0 Å². The van der Waals surface area contributed by atoms with Crippen LogP contribution >= 0.6 is 0 Å². The van der Waals surface area contributed by atoms with Gasteiger partial charge in [0.1, 0.15) is 18.5 Å². The molecule has 3 aliphatic heterocycles. The summed E-state index contributed by atoms with van der Waals surface area (Å²) in [6, 6.07) is 11.4. The van der Waals surface area contributed by atoms with E-state index in [0.717, 1.165) is 29.7 Å². The molecule has 1 unspecified atom stereocenters. The third kappa shape index (κ3) is 19.0. The fraction of sp³-hybridized carbons (Fsp3) is 0.630. The smallest absolute Gasteiger partial charge is 0.407 e. The van der Waals surface area contributed by atoms with Crippen molar-refractivity contribution in [1.82, 2.24) is 30.6 Å². The topological polar surface area (TPSA) is 219 Å². The van der Waals surface area contributed by atoms with Crippen LogP contribution in [0.3, 0.4) is 0 Å². The van der Waals surface area contributed by atoms with E-state index in [1.165, 1.54) is 4.90 Å². The maximum absolute atomic E-state index is 13.3. The van der Waals surface area contributed by atoms with Crippen LogP contribution in [0.25, 0.3) is 17.3 Å². The Morgan fingerprint density at radius 1 is 0.968 bits per heavy atom. The number of carbonyl (C=O) groups excluding carboxylic acids is 4. The Labute approximate surface area is 373 Å². The van der Waals surface area contributed by atoms with Crippen LogP contribution in [0.15, 0.2) is 48.7 Å². The molecule has 4 heterocycles. The first-order chi connectivity index (χ1) is 30.0. The van der Waals surface area contributed by atoms with Crippen molar-refractivity contribution in [1.29, 1.82) is 0 Å². The van der Waals surface area contributed by atoms with Crippen molar-refractivity contribution in [3.63, 3.8) is 0 Å². The zero-order valence-corrected chi connectivity index (χ0v) is 38.8. The quantitative estimate of drug-likeness (QED) is 0.159. The van der Waals surface area contributed by atoms with Gasteiger partial charge >= 0.3 is 24.2 Å². The average molecular weight is 885 g/mol. The summed E-state index contributed by atoms with van der Waals surface area (Å²) >= 11 is 0. The van der Waals surface area contributed by atoms with Crippen molar-refractivity contribution in [3.05, 3.63) is 54.2 Å². The molecule has 2 aromatic rings. The average Bonchev–Trinajstić information content (AvgIpc) is 3.64. The van der Waals surface area contributed by atoms with Crippen LogP contribution in [-0.2, 0) is 28.5 Å². The number of hydrogen-bond donors (Lipinski definition) is 4. The molecule has 0 aliphatic carbocycles. The summed E-state index contributed by atoms with van der Waals surface area (Å²) in [5.74, 6) is -1.86. The predicted molar refractivity (Wildman–Crippen MR) is 239 cm³/mol. The molecule has 3 amide bonds. The first-order valence-electron chi connectivity index (χ1n) is 22.2. The van der Waals surface area contributed by atoms with Gasteiger partial charge in [0.05, 0.1) is 23.8 Å². The van der Waals surface area contributed by atoms with Gasteiger partial charge in [-0.2, -0.15) is 10.2 Å². The molecule has 0 spiro atoms. The fourth-order valence-corrected chi connectivity index (χ4v) is 7.25. The van der Waals surface area contributed by atoms with E-state index in [9.17, 15) is 29.1 Å². The van der Waals surface area contributed by atoms with Gasteiger partial charge in [0.15, 0.2) is 12.4 Å². The normalized spacial score (nSPS) is 26.3. The first-order valence-corrected chi connectivity index (χ1v) is 22.2. The number of aliphatic hydroxyl groups is 1. The highest BCUT2D eigenvalue weighted by atomic mass is 16.6. The van der Waals surface area contributed by atoms with E-state index in [2.05, 4.69) is 25.7 Å². The number of rotatable bonds is 8. The Balaban J connectivity index is 0.000000533. The monoisotopic (exact) mass is 885 g/mol. The second kappa shape index (κ2) is 28.5. The standard InChI is InChI=1S/C31H38N4O7.C8H17NO2.C5H11NO2.C2H6/c1-19-7-4-9-24(17-20(2)28(36)21(3)27-26(18-40-29(19)37)42-31(39)34-27)41-30(38)32-15-5-8-22-11-13-23(14-12-22)25-10-6-16-33-35-25;1-6-4-7(9(2)3)5-8(10)11-6;1-3-6(4-2)5(7)8;1-2/h5-6,8,10-14,16,19-21,24,26-27H,4,7,9,15,17-18H2,1-3H3,(H,32,38)(H,34,39);6-8,10H,4-5H2,1-3H3;3-4H2,1-2H3,(H,7,8);1-2H3/b8-5+;;;/t19-,20-,21-,24+,26-,27-;6-,7+,8?;;/m11../s1. The molecule has 0 saturated carbocycles. The van der Waals surface area contributed by atoms with Gasteiger partial charge < -0.3 is 49.6 Å². The summed E-state index contributed by atoms with van der Waals surface area (Å²) in [5, 5.41) is 31.0. The number of Topliss-reactive ketones (excluding diaryl/α,β-unsaturated/α-hetero) is 1. The number of fused-ring (bicyclic) bond motifs is 1. The number of nitrogens with one attached hydrogen (secondary N) is 2. The Kier molecular flexibility index (Phi) is 24.5. The van der Waals surface area contributed by atoms with Crippen molar-refractivity contribution in [2.24, 2.45) is 17.8 Å². The highest BCUT2D eigenvalue weighted by molar-refractivity contribution is 5.85. The SMILES string of the molecule is CC.CCN(CC)C(=O)O.C[C@@H]1CCC[C@H](OC(=O)NC/C=C/c2ccc(-c3cccnn3)cc2)C[C@@H](C)C(=O)[C@H](C)[C@H]2NC(=O)O[C@@H]2COC1=O.C[C@@H]1C[C@H](N(C)C)CC(O)O1. The molecule has 17 nitrogen and oxygen atoms in total. The van der Waals surface area contributed by atoms with Gasteiger partial charge in [-0.1, -0.05) is 71.0 Å². The molecule has 0 radical (unpaired) electrons. The lowest BCUT2D eigenvalue weighted by atomic mass is 9.84.